The second-order valence-corrected chi connectivity index (χ2v) is 2.27. The van der Waals surface area contributed by atoms with Crippen LogP contribution in [0, 0.1) is 0 Å². The van der Waals surface area contributed by atoms with Crippen LogP contribution in [0.5, 0.6) is 11.5 Å². The molecule has 2 rings (SSSR count). The van der Waals surface area contributed by atoms with E-state index in [1.807, 2.05) is 0 Å². The molecule has 0 atom stereocenters. The summed E-state index contributed by atoms with van der Waals surface area (Å²) in [6.45, 7) is 0. The quantitative estimate of drug-likeness (QED) is 0.602. The number of fused-ring (bicyclic) bond motifs is 1. The van der Waals surface area contributed by atoms with Crippen molar-refractivity contribution in [2.24, 2.45) is 0 Å². The third-order valence-corrected chi connectivity index (χ3v) is 1.56. The number of aromatic hydroxyl groups is 2. The maximum Gasteiger partial charge on any atom is 0.179 e. The number of phenolic OH excluding ortho intramolecular Hbond substituents is 1. The highest BCUT2D eigenvalue weighted by Gasteiger charge is 2.06. The van der Waals surface area contributed by atoms with E-state index in [1.165, 1.54) is 12.3 Å². The molecule has 1 heterocycles. The van der Waals surface area contributed by atoms with Crippen molar-refractivity contribution in [2.75, 3.05) is 0 Å². The maximum atomic E-state index is 9.18. The van der Waals surface area contributed by atoms with Gasteiger partial charge in [0.05, 0.1) is 5.39 Å². The number of benzene rings is 1. The lowest BCUT2D eigenvalue weighted by molar-refractivity contribution is 0.454. The van der Waals surface area contributed by atoms with Crippen molar-refractivity contribution in [1.29, 1.82) is 0 Å². The third-order valence-electron chi connectivity index (χ3n) is 1.56. The van der Waals surface area contributed by atoms with Crippen molar-refractivity contribution < 1.29 is 14.6 Å². The van der Waals surface area contributed by atoms with Gasteiger partial charge in [0.25, 0.3) is 0 Å². The first-order chi connectivity index (χ1) is 5.29. The minimum Gasteiger partial charge on any atom is -0.504 e. The number of furan rings is 1. The Hall–Kier alpha value is -1.64. The molecule has 2 N–H and O–H groups in total. The van der Waals surface area contributed by atoms with Crippen LogP contribution in [0.15, 0.2) is 28.9 Å². The van der Waals surface area contributed by atoms with Crippen LogP contribution in [0.1, 0.15) is 0 Å². The van der Waals surface area contributed by atoms with Crippen molar-refractivity contribution in [2.45, 2.75) is 0 Å². The van der Waals surface area contributed by atoms with Crippen LogP contribution < -0.4 is 0 Å². The highest BCUT2D eigenvalue weighted by molar-refractivity contribution is 5.87. The Morgan fingerprint density at radius 2 is 1.91 bits per heavy atom. The van der Waals surface area contributed by atoms with Crippen LogP contribution in [0.3, 0.4) is 0 Å². The van der Waals surface area contributed by atoms with Crippen LogP contribution in [0.25, 0.3) is 11.0 Å². The summed E-state index contributed by atoms with van der Waals surface area (Å²) in [5, 5.41) is 18.8. The van der Waals surface area contributed by atoms with Gasteiger partial charge in [-0.25, -0.2) is 0 Å². The lowest BCUT2D eigenvalue weighted by Gasteiger charge is -1.90. The molecular formula is C8H6O3. The molecule has 0 fully saturated rings. The van der Waals surface area contributed by atoms with E-state index in [4.69, 9.17) is 9.52 Å². The Bertz CT molecular complexity index is 389. The van der Waals surface area contributed by atoms with Crippen LogP contribution >= 0.6 is 0 Å². The van der Waals surface area contributed by atoms with Gasteiger partial charge in [0.2, 0.25) is 0 Å². The SMILES string of the molecule is Oc1coc2c(O)cccc12. The first-order valence-electron chi connectivity index (χ1n) is 3.17. The molecule has 0 radical (unpaired) electrons. The zero-order chi connectivity index (χ0) is 7.84. The normalized spacial score (nSPS) is 10.5. The summed E-state index contributed by atoms with van der Waals surface area (Å²) in [6, 6.07) is 4.83. The lowest BCUT2D eigenvalue weighted by atomic mass is 10.2. The van der Waals surface area contributed by atoms with E-state index in [9.17, 15) is 5.11 Å². The van der Waals surface area contributed by atoms with Gasteiger partial charge in [0, 0.05) is 0 Å². The van der Waals surface area contributed by atoms with Gasteiger partial charge in [0.15, 0.2) is 17.1 Å². The third kappa shape index (κ3) is 0.741. The Kier molecular flexibility index (Phi) is 1.06. The fraction of sp³-hybridized carbons (Fsp3) is 0. The molecule has 1 aromatic carbocycles. The molecule has 3 nitrogen and oxygen atoms in total. The van der Waals surface area contributed by atoms with E-state index in [0.717, 1.165) is 0 Å². The highest BCUT2D eigenvalue weighted by Crippen LogP contribution is 2.32. The Morgan fingerprint density at radius 1 is 1.09 bits per heavy atom. The average Bonchev–Trinajstić information content (AvgIpc) is 2.35. The number of rotatable bonds is 0. The summed E-state index contributed by atoms with van der Waals surface area (Å²) >= 11 is 0. The predicted octanol–water partition coefficient (Wildman–Crippen LogP) is 1.84. The molecule has 0 aliphatic carbocycles. The second kappa shape index (κ2) is 1.92. The van der Waals surface area contributed by atoms with Crippen molar-refractivity contribution in [3.63, 3.8) is 0 Å². The van der Waals surface area contributed by atoms with E-state index in [2.05, 4.69) is 0 Å². The maximum absolute atomic E-state index is 9.18. The van der Waals surface area contributed by atoms with Crippen molar-refractivity contribution in [3.05, 3.63) is 24.5 Å². The van der Waals surface area contributed by atoms with Gasteiger partial charge < -0.3 is 14.6 Å². The molecule has 11 heavy (non-hydrogen) atoms. The van der Waals surface area contributed by atoms with Crippen LogP contribution in [0.2, 0.25) is 0 Å². The molecule has 0 saturated heterocycles. The van der Waals surface area contributed by atoms with Crippen molar-refractivity contribution >= 4 is 11.0 Å². The summed E-state index contributed by atoms with van der Waals surface area (Å²) in [5.74, 6) is 0.0960. The monoisotopic (exact) mass is 150 g/mol. The van der Waals surface area contributed by atoms with Gasteiger partial charge in [-0.05, 0) is 12.1 Å². The fourth-order valence-electron chi connectivity index (χ4n) is 1.03. The highest BCUT2D eigenvalue weighted by atomic mass is 16.4. The molecule has 3 heteroatoms. The average molecular weight is 150 g/mol. The smallest absolute Gasteiger partial charge is 0.179 e. The van der Waals surface area contributed by atoms with Crippen LogP contribution in [-0.2, 0) is 0 Å². The summed E-state index contributed by atoms with van der Waals surface area (Å²) in [4.78, 5) is 0. The van der Waals surface area contributed by atoms with Crippen LogP contribution in [-0.4, -0.2) is 10.2 Å². The Morgan fingerprint density at radius 3 is 2.64 bits per heavy atom. The molecule has 0 saturated carbocycles. The minimum atomic E-state index is 0.0443. The molecule has 1 aromatic heterocycles. The van der Waals surface area contributed by atoms with E-state index in [0.29, 0.717) is 11.0 Å². The van der Waals surface area contributed by atoms with Gasteiger partial charge in [-0.1, -0.05) is 6.07 Å². The zero-order valence-electron chi connectivity index (χ0n) is 5.61. The Labute approximate surface area is 62.5 Å². The largest absolute Gasteiger partial charge is 0.504 e. The molecule has 56 valence electrons. The minimum absolute atomic E-state index is 0.0443. The van der Waals surface area contributed by atoms with E-state index in [-0.39, 0.29) is 11.5 Å². The topological polar surface area (TPSA) is 53.6 Å². The lowest BCUT2D eigenvalue weighted by Crippen LogP contribution is -1.65. The first kappa shape index (κ1) is 6.09. The number of hydrogen-bond acceptors (Lipinski definition) is 3. The van der Waals surface area contributed by atoms with Crippen LogP contribution in [0.4, 0.5) is 0 Å². The number of phenols is 1. The van der Waals surface area contributed by atoms with Gasteiger partial charge in [-0.2, -0.15) is 0 Å². The van der Waals surface area contributed by atoms with E-state index in [1.54, 1.807) is 12.1 Å². The van der Waals surface area contributed by atoms with Crippen molar-refractivity contribution in [3.8, 4) is 11.5 Å². The summed E-state index contributed by atoms with van der Waals surface area (Å²) < 4.78 is 4.88. The zero-order valence-corrected chi connectivity index (χ0v) is 5.61. The molecule has 0 amide bonds. The number of para-hydroxylation sites is 1. The molecule has 0 unspecified atom stereocenters. The predicted molar refractivity (Wildman–Crippen MR) is 39.5 cm³/mol. The number of hydrogen-bond donors (Lipinski definition) is 2. The fourth-order valence-corrected chi connectivity index (χ4v) is 1.03. The summed E-state index contributed by atoms with van der Waals surface area (Å²) in [7, 11) is 0. The van der Waals surface area contributed by atoms with Gasteiger partial charge in [-0.15, -0.1) is 0 Å². The molecule has 0 aliphatic heterocycles. The molecule has 0 bridgehead atoms. The molecule has 2 aromatic rings. The summed E-state index contributed by atoms with van der Waals surface area (Å²) in [6.07, 6.45) is 1.20. The van der Waals surface area contributed by atoms with Gasteiger partial charge in [0.1, 0.15) is 6.26 Å². The molecular weight excluding hydrogens is 144 g/mol. The molecule has 0 aliphatic rings. The van der Waals surface area contributed by atoms with Crippen molar-refractivity contribution in [1.82, 2.24) is 0 Å². The molecule has 0 spiro atoms. The van der Waals surface area contributed by atoms with E-state index < -0.39 is 0 Å². The first-order valence-corrected chi connectivity index (χ1v) is 3.17. The van der Waals surface area contributed by atoms with E-state index >= 15 is 0 Å². The van der Waals surface area contributed by atoms with Gasteiger partial charge in [-0.3, -0.25) is 0 Å². The summed E-state index contributed by atoms with van der Waals surface area (Å²) in [5.41, 5.74) is 0.324. The van der Waals surface area contributed by atoms with Gasteiger partial charge >= 0.3 is 0 Å². The second-order valence-electron chi connectivity index (χ2n) is 2.27. The standard InChI is InChI=1S/C8H6O3/c9-6-3-1-2-5-7(10)4-11-8(5)6/h1-4,9-10H. The Balaban J connectivity index is 2.94.